The molecule has 1 aromatic carbocycles. The normalized spacial score (nSPS) is 23.4. The zero-order valence-corrected chi connectivity index (χ0v) is 15.5. The second-order valence-electron chi connectivity index (χ2n) is 6.87. The van der Waals surface area contributed by atoms with Gasteiger partial charge in [-0.05, 0) is 38.3 Å². The maximum Gasteiger partial charge on any atom is 0.305 e. The third-order valence-corrected chi connectivity index (χ3v) is 5.91. The van der Waals surface area contributed by atoms with E-state index in [2.05, 4.69) is 0 Å². The molecule has 1 unspecified atom stereocenters. The maximum absolute atomic E-state index is 12.9. The molecule has 1 aliphatic carbocycles. The fourth-order valence-corrected chi connectivity index (χ4v) is 4.68. The summed E-state index contributed by atoms with van der Waals surface area (Å²) in [6.45, 7) is 3.99. The number of amides is 1. The van der Waals surface area contributed by atoms with Crippen LogP contribution in [0.1, 0.15) is 49.7 Å². The summed E-state index contributed by atoms with van der Waals surface area (Å²) < 4.78 is 0. The van der Waals surface area contributed by atoms with Crippen LogP contribution in [0.2, 0.25) is 0 Å². The van der Waals surface area contributed by atoms with Gasteiger partial charge in [0.05, 0.1) is 18.2 Å². The third-order valence-electron chi connectivity index (χ3n) is 4.76. The zero-order chi connectivity index (χ0) is 18.0. The van der Waals surface area contributed by atoms with Crippen LogP contribution in [0.15, 0.2) is 23.2 Å². The van der Waals surface area contributed by atoms with E-state index in [0.29, 0.717) is 5.17 Å². The second kappa shape index (κ2) is 7.60. The minimum atomic E-state index is -0.953. The third kappa shape index (κ3) is 4.06. The molecular weight excluding hydrogens is 336 g/mol. The molecule has 1 N–H and O–H groups in total. The van der Waals surface area contributed by atoms with E-state index < -0.39 is 11.2 Å². The smallest absolute Gasteiger partial charge is 0.305 e. The van der Waals surface area contributed by atoms with Crippen LogP contribution >= 0.6 is 11.8 Å². The van der Waals surface area contributed by atoms with E-state index in [0.717, 1.165) is 29.7 Å². The largest absolute Gasteiger partial charge is 0.481 e. The Bertz CT molecular complexity index is 711. The van der Waals surface area contributed by atoms with E-state index >= 15 is 0 Å². The van der Waals surface area contributed by atoms with Gasteiger partial charge in [0, 0.05) is 0 Å². The molecule has 25 heavy (non-hydrogen) atoms. The minimum Gasteiger partial charge on any atom is -0.481 e. The standard InChI is InChI=1S/C19H24N2O3S/c1-12-8-9-15(13(2)10-12)21-18(24)16(11-17(22)23)25-19(21)20-14-6-4-3-5-7-14/h8-10,14,16H,3-7,11H2,1-2H3,(H,22,23). The van der Waals surface area contributed by atoms with Crippen molar-refractivity contribution in [3.8, 4) is 0 Å². The Morgan fingerprint density at radius 3 is 2.64 bits per heavy atom. The van der Waals surface area contributed by atoms with Crippen molar-refractivity contribution in [2.75, 3.05) is 4.90 Å². The van der Waals surface area contributed by atoms with E-state index in [1.165, 1.54) is 31.0 Å². The Morgan fingerprint density at radius 2 is 2.00 bits per heavy atom. The van der Waals surface area contributed by atoms with Crippen molar-refractivity contribution in [1.82, 2.24) is 0 Å². The minimum absolute atomic E-state index is 0.172. The molecule has 134 valence electrons. The first-order valence-electron chi connectivity index (χ1n) is 8.83. The van der Waals surface area contributed by atoms with Gasteiger partial charge in [-0.2, -0.15) is 0 Å². The lowest BCUT2D eigenvalue weighted by atomic mass is 9.96. The van der Waals surface area contributed by atoms with Gasteiger partial charge in [-0.15, -0.1) is 0 Å². The van der Waals surface area contributed by atoms with Crippen LogP contribution in [0.3, 0.4) is 0 Å². The highest BCUT2D eigenvalue weighted by molar-refractivity contribution is 8.16. The van der Waals surface area contributed by atoms with Crippen molar-refractivity contribution in [1.29, 1.82) is 0 Å². The monoisotopic (exact) mass is 360 g/mol. The van der Waals surface area contributed by atoms with Crippen LogP contribution in [0.25, 0.3) is 0 Å². The lowest BCUT2D eigenvalue weighted by Crippen LogP contribution is -2.34. The molecule has 3 rings (SSSR count). The fourth-order valence-electron chi connectivity index (χ4n) is 3.49. The van der Waals surface area contributed by atoms with Crippen molar-refractivity contribution in [3.63, 3.8) is 0 Å². The molecule has 0 aromatic heterocycles. The first-order chi connectivity index (χ1) is 12.0. The molecule has 1 aromatic rings. The van der Waals surface area contributed by atoms with Gasteiger partial charge < -0.3 is 5.11 Å². The van der Waals surface area contributed by atoms with Gasteiger partial charge in [-0.3, -0.25) is 19.5 Å². The predicted octanol–water partition coefficient (Wildman–Crippen LogP) is 3.92. The van der Waals surface area contributed by atoms with Gasteiger partial charge in [0.15, 0.2) is 5.17 Å². The number of carboxylic acid groups (broad SMARTS) is 1. The topological polar surface area (TPSA) is 70.0 Å². The summed E-state index contributed by atoms with van der Waals surface area (Å²) in [7, 11) is 0. The Kier molecular flexibility index (Phi) is 5.47. The van der Waals surface area contributed by atoms with Crippen LogP contribution in [0.5, 0.6) is 0 Å². The van der Waals surface area contributed by atoms with E-state index in [-0.39, 0.29) is 18.4 Å². The summed E-state index contributed by atoms with van der Waals surface area (Å²) >= 11 is 1.30. The molecule has 1 aliphatic heterocycles. The van der Waals surface area contributed by atoms with Crippen molar-refractivity contribution in [3.05, 3.63) is 29.3 Å². The van der Waals surface area contributed by atoms with Crippen LogP contribution in [-0.4, -0.2) is 33.4 Å². The van der Waals surface area contributed by atoms with Gasteiger partial charge in [-0.1, -0.05) is 48.7 Å². The number of hydrogen-bond acceptors (Lipinski definition) is 4. The Balaban J connectivity index is 1.95. The van der Waals surface area contributed by atoms with Crippen molar-refractivity contribution in [2.24, 2.45) is 4.99 Å². The first kappa shape index (κ1) is 18.0. The molecule has 1 amide bonds. The fraction of sp³-hybridized carbons (Fsp3) is 0.526. The Hall–Kier alpha value is -1.82. The molecule has 1 heterocycles. The Morgan fingerprint density at radius 1 is 1.28 bits per heavy atom. The number of anilines is 1. The summed E-state index contributed by atoms with van der Waals surface area (Å²) in [6, 6.07) is 6.18. The predicted molar refractivity (Wildman–Crippen MR) is 101 cm³/mol. The highest BCUT2D eigenvalue weighted by Gasteiger charge is 2.41. The van der Waals surface area contributed by atoms with E-state index in [1.807, 2.05) is 32.0 Å². The number of carboxylic acids is 1. The average molecular weight is 360 g/mol. The van der Waals surface area contributed by atoms with Crippen LogP contribution in [0, 0.1) is 13.8 Å². The van der Waals surface area contributed by atoms with Crippen molar-refractivity contribution >= 4 is 34.5 Å². The number of nitrogens with zero attached hydrogens (tertiary/aromatic N) is 2. The highest BCUT2D eigenvalue weighted by atomic mass is 32.2. The highest BCUT2D eigenvalue weighted by Crippen LogP contribution is 2.36. The lowest BCUT2D eigenvalue weighted by molar-refractivity contribution is -0.138. The molecule has 5 nitrogen and oxygen atoms in total. The summed E-state index contributed by atoms with van der Waals surface area (Å²) in [5, 5.41) is 9.19. The van der Waals surface area contributed by atoms with E-state index in [1.54, 1.807) is 4.90 Å². The molecule has 0 spiro atoms. The second-order valence-corrected chi connectivity index (χ2v) is 8.04. The van der Waals surface area contributed by atoms with Gasteiger partial charge in [0.1, 0.15) is 5.25 Å². The summed E-state index contributed by atoms with van der Waals surface area (Å²) in [5.74, 6) is -1.13. The van der Waals surface area contributed by atoms with Crippen LogP contribution in [-0.2, 0) is 9.59 Å². The zero-order valence-electron chi connectivity index (χ0n) is 14.7. The summed E-state index contributed by atoms with van der Waals surface area (Å²) in [4.78, 5) is 30.5. The SMILES string of the molecule is Cc1ccc(N2C(=O)C(CC(=O)O)SC2=NC2CCCCC2)c(C)c1. The average Bonchev–Trinajstić information content (AvgIpc) is 2.84. The number of hydrogen-bond donors (Lipinski definition) is 1. The molecule has 1 atom stereocenters. The molecule has 6 heteroatoms. The summed E-state index contributed by atoms with van der Waals surface area (Å²) in [6.07, 6.45) is 5.50. The number of aliphatic carboxylic acids is 1. The molecule has 1 saturated heterocycles. The molecule has 1 saturated carbocycles. The summed E-state index contributed by atoms with van der Waals surface area (Å²) in [5.41, 5.74) is 2.94. The van der Waals surface area contributed by atoms with Crippen molar-refractivity contribution in [2.45, 2.75) is 63.7 Å². The van der Waals surface area contributed by atoms with Gasteiger partial charge in [0.2, 0.25) is 5.91 Å². The molecule has 2 aliphatic rings. The van der Waals surface area contributed by atoms with Crippen molar-refractivity contribution < 1.29 is 14.7 Å². The maximum atomic E-state index is 12.9. The number of benzene rings is 1. The van der Waals surface area contributed by atoms with Gasteiger partial charge in [-0.25, -0.2) is 0 Å². The van der Waals surface area contributed by atoms with Gasteiger partial charge in [0.25, 0.3) is 0 Å². The molecule has 0 bridgehead atoms. The van der Waals surface area contributed by atoms with E-state index in [4.69, 9.17) is 10.1 Å². The number of thioether (sulfide) groups is 1. The van der Waals surface area contributed by atoms with Gasteiger partial charge >= 0.3 is 5.97 Å². The lowest BCUT2D eigenvalue weighted by Gasteiger charge is -2.22. The molecule has 2 fully saturated rings. The Labute approximate surface area is 152 Å². The number of aryl methyl sites for hydroxylation is 2. The number of rotatable bonds is 4. The number of aliphatic imine (C=N–C) groups is 1. The number of carbonyl (C=O) groups is 2. The molecule has 0 radical (unpaired) electrons. The van der Waals surface area contributed by atoms with Crippen LogP contribution in [0.4, 0.5) is 5.69 Å². The first-order valence-corrected chi connectivity index (χ1v) is 9.71. The molecular formula is C19H24N2O3S. The quantitative estimate of drug-likeness (QED) is 0.884. The van der Waals surface area contributed by atoms with Crippen LogP contribution < -0.4 is 4.90 Å². The van der Waals surface area contributed by atoms with E-state index in [9.17, 15) is 9.59 Å². The number of amidine groups is 1. The number of carbonyl (C=O) groups excluding carboxylic acids is 1.